The molecule has 2 aromatic rings. The van der Waals surface area contributed by atoms with Crippen LogP contribution in [-0.2, 0) is 11.2 Å². The zero-order chi connectivity index (χ0) is 17.5. The first-order chi connectivity index (χ1) is 11.5. The van der Waals surface area contributed by atoms with Crippen molar-refractivity contribution in [1.29, 1.82) is 0 Å². The molecule has 0 spiro atoms. The summed E-state index contributed by atoms with van der Waals surface area (Å²) in [6.07, 6.45) is 4.14. The first kappa shape index (κ1) is 17.7. The molecule has 1 heterocycles. The minimum absolute atomic E-state index is 0.114. The first-order valence-corrected chi connectivity index (χ1v) is 7.96. The van der Waals surface area contributed by atoms with Gasteiger partial charge in [0.2, 0.25) is 0 Å². The molecule has 0 aromatic heterocycles. The molecule has 1 unspecified atom stereocenters. The predicted octanol–water partition coefficient (Wildman–Crippen LogP) is 2.32. The molecule has 6 nitrogen and oxygen atoms in total. The summed E-state index contributed by atoms with van der Waals surface area (Å²) < 4.78 is 3.08. The lowest BCUT2D eigenvalue weighted by atomic mass is 10.1. The second-order valence-electron chi connectivity index (χ2n) is 5.06. The third-order valence-corrected chi connectivity index (χ3v) is 4.08. The van der Waals surface area contributed by atoms with Crippen molar-refractivity contribution in [3.63, 3.8) is 0 Å². The van der Waals surface area contributed by atoms with Crippen LogP contribution >= 0.6 is 11.9 Å². The van der Waals surface area contributed by atoms with E-state index in [1.807, 2.05) is 12.3 Å². The molecule has 0 aliphatic carbocycles. The fourth-order valence-electron chi connectivity index (χ4n) is 1.97. The van der Waals surface area contributed by atoms with Crippen molar-refractivity contribution in [2.24, 2.45) is 5.73 Å². The topological polar surface area (TPSA) is 116 Å². The van der Waals surface area contributed by atoms with E-state index < -0.39 is 12.0 Å². The van der Waals surface area contributed by atoms with E-state index in [0.29, 0.717) is 5.56 Å². The number of hydrogen-bond donors (Lipinski definition) is 5. The van der Waals surface area contributed by atoms with E-state index >= 15 is 0 Å². The van der Waals surface area contributed by atoms with Crippen LogP contribution in [-0.4, -0.2) is 27.3 Å². The number of phenols is 2. The van der Waals surface area contributed by atoms with Crippen LogP contribution in [0.25, 0.3) is 6.08 Å². The molecule has 3 rings (SSSR count). The van der Waals surface area contributed by atoms with E-state index in [2.05, 4.69) is 29.0 Å². The lowest BCUT2D eigenvalue weighted by Gasteiger charge is -2.08. The van der Waals surface area contributed by atoms with E-state index in [0.717, 1.165) is 0 Å². The van der Waals surface area contributed by atoms with Gasteiger partial charge in [0.25, 0.3) is 0 Å². The summed E-state index contributed by atoms with van der Waals surface area (Å²) in [5, 5.41) is 26.6. The standard InChI is InChI=1S/C9H11NO4.C8H7NS/c10-6(9(13)14)3-5-1-2-7(11)8(12)4-5;1-2-4-8-7(3-1)5-6-9-10-8/h1-2,4,6,11-12H,3,10H2,(H,13,14);1-6,9H. The molecule has 1 aliphatic heterocycles. The highest BCUT2D eigenvalue weighted by atomic mass is 32.2. The Bertz CT molecular complexity index is 749. The van der Waals surface area contributed by atoms with Gasteiger partial charge in [-0.2, -0.15) is 0 Å². The van der Waals surface area contributed by atoms with Crippen molar-refractivity contribution in [1.82, 2.24) is 4.72 Å². The number of phenolic OH excluding ortho intramolecular Hbond substituents is 2. The van der Waals surface area contributed by atoms with Crippen molar-refractivity contribution in [3.05, 3.63) is 59.8 Å². The van der Waals surface area contributed by atoms with Crippen molar-refractivity contribution >= 4 is 24.0 Å². The van der Waals surface area contributed by atoms with Gasteiger partial charge in [-0.3, -0.25) is 4.79 Å². The zero-order valence-electron chi connectivity index (χ0n) is 12.7. The number of benzene rings is 2. The maximum absolute atomic E-state index is 10.4. The van der Waals surface area contributed by atoms with Crippen molar-refractivity contribution in [2.45, 2.75) is 17.4 Å². The minimum Gasteiger partial charge on any atom is -0.504 e. The van der Waals surface area contributed by atoms with Crippen LogP contribution in [0.1, 0.15) is 11.1 Å². The number of aliphatic carboxylic acids is 1. The maximum atomic E-state index is 10.4. The van der Waals surface area contributed by atoms with E-state index in [9.17, 15) is 4.79 Å². The summed E-state index contributed by atoms with van der Waals surface area (Å²) in [6.45, 7) is 0. The number of aromatic hydroxyl groups is 2. The summed E-state index contributed by atoms with van der Waals surface area (Å²) >= 11 is 1.65. The Morgan fingerprint density at radius 2 is 1.92 bits per heavy atom. The van der Waals surface area contributed by atoms with Gasteiger partial charge in [-0.05, 0) is 53.8 Å². The number of carboxylic acids is 1. The van der Waals surface area contributed by atoms with Gasteiger partial charge in [0.15, 0.2) is 11.5 Å². The molecule has 24 heavy (non-hydrogen) atoms. The molecule has 126 valence electrons. The van der Waals surface area contributed by atoms with Gasteiger partial charge >= 0.3 is 5.97 Å². The number of fused-ring (bicyclic) bond motifs is 1. The molecule has 0 saturated heterocycles. The van der Waals surface area contributed by atoms with Crippen LogP contribution in [0.5, 0.6) is 11.5 Å². The van der Waals surface area contributed by atoms with Gasteiger partial charge in [-0.1, -0.05) is 24.3 Å². The van der Waals surface area contributed by atoms with Crippen molar-refractivity contribution in [3.8, 4) is 11.5 Å². The van der Waals surface area contributed by atoms with Gasteiger partial charge < -0.3 is 25.8 Å². The Morgan fingerprint density at radius 3 is 2.58 bits per heavy atom. The smallest absolute Gasteiger partial charge is 0.320 e. The Balaban J connectivity index is 0.000000182. The van der Waals surface area contributed by atoms with Crippen LogP contribution in [0.2, 0.25) is 0 Å². The van der Waals surface area contributed by atoms with Crippen LogP contribution in [0.3, 0.4) is 0 Å². The number of hydrogen-bond acceptors (Lipinski definition) is 6. The number of nitrogens with two attached hydrogens (primary N) is 1. The van der Waals surface area contributed by atoms with Crippen molar-refractivity contribution < 1.29 is 20.1 Å². The molecule has 2 aromatic carbocycles. The Hall–Kier alpha value is -2.64. The lowest BCUT2D eigenvalue weighted by Crippen LogP contribution is -2.32. The van der Waals surface area contributed by atoms with Gasteiger partial charge in [0.1, 0.15) is 6.04 Å². The molecule has 0 fully saturated rings. The number of carbonyl (C=O) groups is 1. The van der Waals surface area contributed by atoms with E-state index in [1.54, 1.807) is 11.9 Å². The molecule has 1 atom stereocenters. The SMILES string of the molecule is C1=Cc2ccccc2SN1.NC(Cc1ccc(O)c(O)c1)C(=O)O. The minimum atomic E-state index is -1.10. The number of carboxylic acid groups (broad SMARTS) is 1. The fourth-order valence-corrected chi connectivity index (χ4v) is 2.63. The summed E-state index contributed by atoms with van der Waals surface area (Å²) in [6, 6.07) is 11.4. The summed E-state index contributed by atoms with van der Waals surface area (Å²) in [7, 11) is 0. The summed E-state index contributed by atoms with van der Waals surface area (Å²) in [5.41, 5.74) is 7.16. The predicted molar refractivity (Wildman–Crippen MR) is 93.6 cm³/mol. The molecule has 6 N–H and O–H groups in total. The normalized spacial score (nSPS) is 13.0. The summed E-state index contributed by atoms with van der Waals surface area (Å²) in [5.74, 6) is -1.62. The number of nitrogens with one attached hydrogen (secondary N) is 1. The highest BCUT2D eigenvalue weighted by molar-refractivity contribution is 7.97. The second-order valence-corrected chi connectivity index (χ2v) is 5.94. The molecule has 0 bridgehead atoms. The largest absolute Gasteiger partial charge is 0.504 e. The van der Waals surface area contributed by atoms with E-state index in [-0.39, 0.29) is 17.9 Å². The fraction of sp³-hybridized carbons (Fsp3) is 0.118. The third kappa shape index (κ3) is 4.94. The molecule has 0 amide bonds. The van der Waals surface area contributed by atoms with Gasteiger partial charge in [0.05, 0.1) is 0 Å². The summed E-state index contributed by atoms with van der Waals surface area (Å²) in [4.78, 5) is 11.7. The van der Waals surface area contributed by atoms with E-state index in [1.165, 1.54) is 28.7 Å². The molecule has 0 radical (unpaired) electrons. The number of rotatable bonds is 3. The van der Waals surface area contributed by atoms with Crippen molar-refractivity contribution in [2.75, 3.05) is 0 Å². The molecule has 7 heteroatoms. The van der Waals surface area contributed by atoms with Crippen LogP contribution in [0, 0.1) is 0 Å². The highest BCUT2D eigenvalue weighted by Gasteiger charge is 2.12. The van der Waals surface area contributed by atoms with Crippen LogP contribution in [0.4, 0.5) is 0 Å². The molecule has 0 saturated carbocycles. The van der Waals surface area contributed by atoms with Gasteiger partial charge in [-0.15, -0.1) is 0 Å². The average Bonchev–Trinajstić information content (AvgIpc) is 2.59. The molecule has 1 aliphatic rings. The second kappa shape index (κ2) is 8.28. The van der Waals surface area contributed by atoms with E-state index in [4.69, 9.17) is 21.1 Å². The van der Waals surface area contributed by atoms with Gasteiger partial charge in [0, 0.05) is 11.1 Å². The zero-order valence-corrected chi connectivity index (χ0v) is 13.5. The highest BCUT2D eigenvalue weighted by Crippen LogP contribution is 2.25. The average molecular weight is 346 g/mol. The Morgan fingerprint density at radius 1 is 1.17 bits per heavy atom. The monoisotopic (exact) mass is 346 g/mol. The Kier molecular flexibility index (Phi) is 6.11. The van der Waals surface area contributed by atoms with Crippen LogP contribution in [0.15, 0.2) is 53.6 Å². The Labute approximate surface area is 143 Å². The van der Waals surface area contributed by atoms with Crippen LogP contribution < -0.4 is 10.5 Å². The first-order valence-electron chi connectivity index (χ1n) is 7.14. The lowest BCUT2D eigenvalue weighted by molar-refractivity contribution is -0.138. The maximum Gasteiger partial charge on any atom is 0.320 e. The quantitative estimate of drug-likeness (QED) is 0.428. The third-order valence-electron chi connectivity index (χ3n) is 3.23. The molecular formula is C17H18N2O4S. The van der Waals surface area contributed by atoms with Gasteiger partial charge in [-0.25, -0.2) is 0 Å². The molecular weight excluding hydrogens is 328 g/mol.